The third-order valence-corrected chi connectivity index (χ3v) is 6.38. The first-order valence-electron chi connectivity index (χ1n) is 8.74. The Hall–Kier alpha value is -1.58. The maximum absolute atomic E-state index is 12.4. The van der Waals surface area contributed by atoms with Crippen molar-refractivity contribution in [2.75, 3.05) is 13.7 Å². The number of aryl methyl sites for hydroxylation is 1. The van der Waals surface area contributed by atoms with Gasteiger partial charge in [-0.15, -0.1) is 0 Å². The van der Waals surface area contributed by atoms with Crippen LogP contribution in [0.3, 0.4) is 0 Å². The molecule has 0 spiro atoms. The van der Waals surface area contributed by atoms with Crippen molar-refractivity contribution in [2.24, 2.45) is 0 Å². The van der Waals surface area contributed by atoms with E-state index in [1.165, 1.54) is 17.3 Å². The van der Waals surface area contributed by atoms with Crippen molar-refractivity contribution in [3.63, 3.8) is 0 Å². The van der Waals surface area contributed by atoms with Crippen molar-refractivity contribution in [3.8, 4) is 11.5 Å². The van der Waals surface area contributed by atoms with Crippen LogP contribution in [0.25, 0.3) is 6.08 Å². The van der Waals surface area contributed by atoms with Gasteiger partial charge in [0.2, 0.25) is 0 Å². The van der Waals surface area contributed by atoms with Crippen LogP contribution in [0.4, 0.5) is 0 Å². The van der Waals surface area contributed by atoms with Crippen molar-refractivity contribution in [2.45, 2.75) is 20.5 Å². The van der Waals surface area contributed by atoms with E-state index in [-0.39, 0.29) is 5.91 Å². The molecule has 1 aliphatic heterocycles. The number of carbonyl (C=O) groups excluding carboxylic acids is 1. The summed E-state index contributed by atoms with van der Waals surface area (Å²) in [6.45, 7) is 5.01. The lowest BCUT2D eigenvalue weighted by molar-refractivity contribution is -0.121. The Balaban J connectivity index is 1.85. The SMILES string of the molecule is CCN1C(=O)/C(=C/c2cc(I)c(OCc3cccc(C)c3)c(OC)c2)SC1=S. The molecule has 1 amide bonds. The quantitative estimate of drug-likeness (QED) is 0.287. The standard InChI is InChI=1S/C21H20INO3S2/c1-4-23-20(24)18(28-21(23)27)11-15-9-16(22)19(17(10-15)25-3)26-12-14-7-5-6-13(2)8-14/h5-11H,4,12H2,1-3H3/b18-11-. The van der Waals surface area contributed by atoms with Crippen LogP contribution in [0.2, 0.25) is 0 Å². The Kier molecular flexibility index (Phi) is 7.00. The van der Waals surface area contributed by atoms with E-state index in [1.54, 1.807) is 12.0 Å². The van der Waals surface area contributed by atoms with Gasteiger partial charge in [-0.1, -0.05) is 53.8 Å². The van der Waals surface area contributed by atoms with Crippen LogP contribution in [-0.4, -0.2) is 28.8 Å². The van der Waals surface area contributed by atoms with Gasteiger partial charge in [0.15, 0.2) is 11.5 Å². The van der Waals surface area contributed by atoms with Crippen molar-refractivity contribution in [3.05, 3.63) is 61.6 Å². The number of likely N-dealkylation sites (N-methyl/N-ethyl adjacent to an activating group) is 1. The topological polar surface area (TPSA) is 38.8 Å². The smallest absolute Gasteiger partial charge is 0.266 e. The summed E-state index contributed by atoms with van der Waals surface area (Å²) in [6, 6.07) is 12.1. The molecule has 28 heavy (non-hydrogen) atoms. The van der Waals surface area contributed by atoms with Crippen LogP contribution < -0.4 is 9.47 Å². The van der Waals surface area contributed by atoms with E-state index in [4.69, 9.17) is 21.7 Å². The van der Waals surface area contributed by atoms with E-state index >= 15 is 0 Å². The van der Waals surface area contributed by atoms with Crippen molar-refractivity contribution in [1.29, 1.82) is 0 Å². The Morgan fingerprint density at radius 3 is 2.71 bits per heavy atom. The van der Waals surface area contributed by atoms with E-state index in [0.717, 1.165) is 14.7 Å². The number of rotatable bonds is 6. The molecule has 1 saturated heterocycles. The maximum atomic E-state index is 12.4. The zero-order chi connectivity index (χ0) is 20.3. The second kappa shape index (κ2) is 9.28. The van der Waals surface area contributed by atoms with Crippen molar-refractivity contribution >= 4 is 62.9 Å². The number of hydrogen-bond acceptors (Lipinski definition) is 5. The fourth-order valence-electron chi connectivity index (χ4n) is 2.84. The van der Waals surface area contributed by atoms with Gasteiger partial charge in [-0.3, -0.25) is 9.69 Å². The van der Waals surface area contributed by atoms with Gasteiger partial charge in [0, 0.05) is 6.54 Å². The molecule has 1 fully saturated rings. The third-order valence-electron chi connectivity index (χ3n) is 4.21. The van der Waals surface area contributed by atoms with Gasteiger partial charge in [0.25, 0.3) is 5.91 Å². The van der Waals surface area contributed by atoms with Crippen LogP contribution in [0.1, 0.15) is 23.6 Å². The molecule has 0 N–H and O–H groups in total. The highest BCUT2D eigenvalue weighted by Crippen LogP contribution is 2.37. The lowest BCUT2D eigenvalue weighted by atomic mass is 10.1. The number of ether oxygens (including phenoxy) is 2. The highest BCUT2D eigenvalue weighted by atomic mass is 127. The molecule has 4 nitrogen and oxygen atoms in total. The van der Waals surface area contributed by atoms with Crippen LogP contribution in [0.15, 0.2) is 41.3 Å². The molecule has 0 saturated carbocycles. The molecule has 0 aromatic heterocycles. The van der Waals surface area contributed by atoms with Crippen LogP contribution >= 0.6 is 46.6 Å². The third kappa shape index (κ3) is 4.69. The van der Waals surface area contributed by atoms with Gasteiger partial charge in [-0.25, -0.2) is 0 Å². The number of benzene rings is 2. The monoisotopic (exact) mass is 525 g/mol. The summed E-state index contributed by atoms with van der Waals surface area (Å²) in [6.07, 6.45) is 1.85. The van der Waals surface area contributed by atoms with Gasteiger partial charge in [-0.2, -0.15) is 0 Å². The molecule has 146 valence electrons. The summed E-state index contributed by atoms with van der Waals surface area (Å²) in [7, 11) is 1.62. The second-order valence-corrected chi connectivity index (χ2v) is 9.08. The minimum atomic E-state index is -0.0498. The van der Waals surface area contributed by atoms with E-state index in [0.29, 0.717) is 33.9 Å². The molecule has 0 aliphatic carbocycles. The van der Waals surface area contributed by atoms with E-state index < -0.39 is 0 Å². The number of methoxy groups -OCH3 is 1. The van der Waals surface area contributed by atoms with E-state index in [2.05, 4.69) is 41.6 Å². The Bertz CT molecular complexity index is 959. The zero-order valence-electron chi connectivity index (χ0n) is 15.8. The molecule has 0 radical (unpaired) electrons. The fraction of sp³-hybridized carbons (Fsp3) is 0.238. The Morgan fingerprint density at radius 2 is 2.07 bits per heavy atom. The Labute approximate surface area is 188 Å². The van der Waals surface area contributed by atoms with Gasteiger partial charge < -0.3 is 9.47 Å². The maximum Gasteiger partial charge on any atom is 0.266 e. The average molecular weight is 525 g/mol. The summed E-state index contributed by atoms with van der Waals surface area (Å²) in [5, 5.41) is 0. The first kappa shape index (κ1) is 21.1. The number of hydrogen-bond donors (Lipinski definition) is 0. The predicted molar refractivity (Wildman–Crippen MR) is 127 cm³/mol. The number of halogens is 1. The summed E-state index contributed by atoms with van der Waals surface area (Å²) in [5.41, 5.74) is 3.17. The normalized spacial score (nSPS) is 15.4. The molecule has 7 heteroatoms. The van der Waals surface area contributed by atoms with Crippen LogP contribution in [0, 0.1) is 10.5 Å². The molecule has 1 heterocycles. The fourth-order valence-corrected chi connectivity index (χ4v) is 5.01. The lowest BCUT2D eigenvalue weighted by Gasteiger charge is -2.14. The summed E-state index contributed by atoms with van der Waals surface area (Å²) >= 11 is 8.83. The van der Waals surface area contributed by atoms with Gasteiger partial charge >= 0.3 is 0 Å². The molecular formula is C21H20INO3S2. The number of nitrogens with zero attached hydrogens (tertiary/aromatic N) is 1. The largest absolute Gasteiger partial charge is 0.493 e. The molecular weight excluding hydrogens is 505 g/mol. The van der Waals surface area contributed by atoms with Gasteiger partial charge in [-0.05, 0) is 65.8 Å². The van der Waals surface area contributed by atoms with Crippen LogP contribution in [-0.2, 0) is 11.4 Å². The summed E-state index contributed by atoms with van der Waals surface area (Å²) < 4.78 is 13.1. The molecule has 1 aliphatic rings. The van der Waals surface area contributed by atoms with Gasteiger partial charge in [0.1, 0.15) is 10.9 Å². The molecule has 0 bridgehead atoms. The first-order valence-corrected chi connectivity index (χ1v) is 11.0. The van der Waals surface area contributed by atoms with Crippen LogP contribution in [0.5, 0.6) is 11.5 Å². The predicted octanol–water partition coefficient (Wildman–Crippen LogP) is 5.41. The highest BCUT2D eigenvalue weighted by Gasteiger charge is 2.30. The summed E-state index contributed by atoms with van der Waals surface area (Å²) in [5.74, 6) is 1.28. The molecule has 0 unspecified atom stereocenters. The molecule has 2 aromatic carbocycles. The molecule has 0 atom stereocenters. The van der Waals surface area contributed by atoms with Gasteiger partial charge in [0.05, 0.1) is 15.6 Å². The van der Waals surface area contributed by atoms with Crippen molar-refractivity contribution in [1.82, 2.24) is 4.90 Å². The summed E-state index contributed by atoms with van der Waals surface area (Å²) in [4.78, 5) is 14.7. The van der Waals surface area contributed by atoms with E-state index in [1.807, 2.05) is 37.3 Å². The lowest BCUT2D eigenvalue weighted by Crippen LogP contribution is -2.27. The van der Waals surface area contributed by atoms with E-state index in [9.17, 15) is 4.79 Å². The first-order chi connectivity index (χ1) is 13.4. The molecule has 2 aromatic rings. The second-order valence-electron chi connectivity index (χ2n) is 6.24. The Morgan fingerprint density at radius 1 is 1.29 bits per heavy atom. The highest BCUT2D eigenvalue weighted by molar-refractivity contribution is 14.1. The van der Waals surface area contributed by atoms with Crippen molar-refractivity contribution < 1.29 is 14.3 Å². The number of amides is 1. The molecule has 3 rings (SSSR count). The number of thioether (sulfide) groups is 1. The number of carbonyl (C=O) groups is 1. The minimum absolute atomic E-state index is 0.0498. The average Bonchev–Trinajstić information content (AvgIpc) is 2.93. The number of thiocarbonyl (C=S) groups is 1. The zero-order valence-corrected chi connectivity index (χ0v) is 19.6. The minimum Gasteiger partial charge on any atom is -0.493 e.